The van der Waals surface area contributed by atoms with Crippen molar-refractivity contribution < 1.29 is 0 Å². The molecule has 2 aromatic heterocycles. The van der Waals surface area contributed by atoms with Crippen molar-refractivity contribution in [2.45, 2.75) is 20.3 Å². The third-order valence-corrected chi connectivity index (χ3v) is 4.26. The Morgan fingerprint density at radius 1 is 1.15 bits per heavy atom. The van der Waals surface area contributed by atoms with E-state index in [1.807, 2.05) is 18.2 Å². The topological polar surface area (TPSA) is 25.8 Å². The van der Waals surface area contributed by atoms with E-state index in [9.17, 15) is 0 Å². The highest BCUT2D eigenvalue weighted by atomic mass is 35.5. The van der Waals surface area contributed by atoms with Crippen LogP contribution in [0.4, 0.5) is 0 Å². The molecule has 2 heterocycles. The Balaban J connectivity index is 2.14. The van der Waals surface area contributed by atoms with Gasteiger partial charge in [-0.25, -0.2) is 9.97 Å². The number of benzene rings is 1. The molecule has 0 aliphatic heterocycles. The average Bonchev–Trinajstić information content (AvgIpc) is 2.83. The standard InChI is InChI=1S/C16H15ClN2S/c1-10(2)8-13-18-15(17)14-12(9-20-16(14)19-13)11-6-4-3-5-7-11/h3-7,9-10H,8H2,1-2H3. The maximum atomic E-state index is 6.40. The fourth-order valence-corrected chi connectivity index (χ4v) is 3.54. The first-order chi connectivity index (χ1) is 9.65. The van der Waals surface area contributed by atoms with Crippen LogP contribution in [0.15, 0.2) is 35.7 Å². The van der Waals surface area contributed by atoms with E-state index in [0.29, 0.717) is 11.1 Å². The molecule has 0 saturated carbocycles. The van der Waals surface area contributed by atoms with E-state index >= 15 is 0 Å². The van der Waals surface area contributed by atoms with Gasteiger partial charge >= 0.3 is 0 Å². The Bertz CT molecular complexity index is 735. The van der Waals surface area contributed by atoms with Gasteiger partial charge in [0.15, 0.2) is 0 Å². The smallest absolute Gasteiger partial charge is 0.142 e. The number of thiophene rings is 1. The summed E-state index contributed by atoms with van der Waals surface area (Å²) in [5.74, 6) is 1.36. The van der Waals surface area contributed by atoms with Crippen LogP contribution in [0.2, 0.25) is 5.15 Å². The van der Waals surface area contributed by atoms with Crippen LogP contribution >= 0.6 is 22.9 Å². The molecule has 0 unspecified atom stereocenters. The summed E-state index contributed by atoms with van der Waals surface area (Å²) in [7, 11) is 0. The first-order valence-electron chi connectivity index (χ1n) is 6.64. The molecule has 0 bridgehead atoms. The van der Waals surface area contributed by atoms with Gasteiger partial charge in [0, 0.05) is 17.4 Å². The Morgan fingerprint density at radius 2 is 1.90 bits per heavy atom. The fraction of sp³-hybridized carbons (Fsp3) is 0.250. The second-order valence-corrected chi connectivity index (χ2v) is 6.44. The second kappa shape index (κ2) is 5.51. The molecule has 3 rings (SSSR count). The summed E-state index contributed by atoms with van der Waals surface area (Å²) < 4.78 is 0. The van der Waals surface area contributed by atoms with Crippen LogP contribution in [0.1, 0.15) is 19.7 Å². The van der Waals surface area contributed by atoms with Crippen LogP contribution in [-0.4, -0.2) is 9.97 Å². The lowest BCUT2D eigenvalue weighted by Crippen LogP contribution is -2.00. The Hall–Kier alpha value is -1.45. The average molecular weight is 303 g/mol. The normalized spacial score (nSPS) is 11.4. The van der Waals surface area contributed by atoms with Crippen molar-refractivity contribution in [1.82, 2.24) is 9.97 Å². The zero-order chi connectivity index (χ0) is 14.1. The number of aromatic nitrogens is 2. The molecule has 0 amide bonds. The molecular weight excluding hydrogens is 288 g/mol. The lowest BCUT2D eigenvalue weighted by molar-refractivity contribution is 0.623. The second-order valence-electron chi connectivity index (χ2n) is 5.22. The number of halogens is 1. The molecule has 3 aromatic rings. The first-order valence-corrected chi connectivity index (χ1v) is 7.90. The van der Waals surface area contributed by atoms with Crippen LogP contribution in [0.5, 0.6) is 0 Å². The lowest BCUT2D eigenvalue weighted by Gasteiger charge is -2.05. The number of rotatable bonds is 3. The number of nitrogens with zero attached hydrogens (tertiary/aromatic N) is 2. The summed E-state index contributed by atoms with van der Waals surface area (Å²) in [5, 5.41) is 3.64. The maximum Gasteiger partial charge on any atom is 0.142 e. The molecule has 4 heteroatoms. The zero-order valence-electron chi connectivity index (χ0n) is 11.4. The van der Waals surface area contributed by atoms with Gasteiger partial charge in [-0.2, -0.15) is 0 Å². The van der Waals surface area contributed by atoms with Crippen molar-refractivity contribution >= 4 is 33.2 Å². The first kappa shape index (κ1) is 13.5. The quantitative estimate of drug-likeness (QED) is 0.621. The van der Waals surface area contributed by atoms with Crippen molar-refractivity contribution in [2.24, 2.45) is 5.92 Å². The van der Waals surface area contributed by atoms with Crippen LogP contribution in [-0.2, 0) is 6.42 Å². The van der Waals surface area contributed by atoms with Gasteiger partial charge in [0.25, 0.3) is 0 Å². The van der Waals surface area contributed by atoms with Gasteiger partial charge in [0.1, 0.15) is 15.8 Å². The van der Waals surface area contributed by atoms with Gasteiger partial charge in [-0.05, 0) is 11.5 Å². The minimum atomic E-state index is 0.525. The Labute approximate surface area is 127 Å². The fourth-order valence-electron chi connectivity index (χ4n) is 2.23. The Kier molecular flexibility index (Phi) is 3.72. The summed E-state index contributed by atoms with van der Waals surface area (Å²) in [6, 6.07) is 10.2. The van der Waals surface area contributed by atoms with E-state index in [1.54, 1.807) is 11.3 Å². The minimum absolute atomic E-state index is 0.525. The molecule has 0 atom stereocenters. The highest BCUT2D eigenvalue weighted by molar-refractivity contribution is 7.17. The minimum Gasteiger partial charge on any atom is -0.222 e. The van der Waals surface area contributed by atoms with Crippen LogP contribution < -0.4 is 0 Å². The van der Waals surface area contributed by atoms with Crippen molar-refractivity contribution in [2.75, 3.05) is 0 Å². The third kappa shape index (κ3) is 2.56. The molecule has 0 aliphatic rings. The van der Waals surface area contributed by atoms with Gasteiger partial charge in [-0.15, -0.1) is 11.3 Å². The predicted molar refractivity (Wildman–Crippen MR) is 86.4 cm³/mol. The van der Waals surface area contributed by atoms with Gasteiger partial charge in [0.05, 0.1) is 5.39 Å². The van der Waals surface area contributed by atoms with Crippen molar-refractivity contribution in [3.63, 3.8) is 0 Å². The summed E-state index contributed by atoms with van der Waals surface area (Å²) in [4.78, 5) is 10.1. The molecule has 0 saturated heterocycles. The molecule has 0 aliphatic carbocycles. The molecule has 0 radical (unpaired) electrons. The number of hydrogen-bond donors (Lipinski definition) is 0. The van der Waals surface area contributed by atoms with Crippen molar-refractivity contribution in [3.05, 3.63) is 46.7 Å². The van der Waals surface area contributed by atoms with Crippen LogP contribution in [0.3, 0.4) is 0 Å². The maximum absolute atomic E-state index is 6.40. The molecule has 0 spiro atoms. The molecule has 2 nitrogen and oxygen atoms in total. The summed E-state index contributed by atoms with van der Waals surface area (Å²) in [6.45, 7) is 4.32. The monoisotopic (exact) mass is 302 g/mol. The van der Waals surface area contributed by atoms with E-state index < -0.39 is 0 Å². The highest BCUT2D eigenvalue weighted by Crippen LogP contribution is 2.36. The predicted octanol–water partition coefficient (Wildman–Crippen LogP) is 5.21. The summed E-state index contributed by atoms with van der Waals surface area (Å²) in [6.07, 6.45) is 0.855. The van der Waals surface area contributed by atoms with Gasteiger partial charge in [0.2, 0.25) is 0 Å². The molecule has 102 valence electrons. The third-order valence-electron chi connectivity index (χ3n) is 3.11. The van der Waals surface area contributed by atoms with Gasteiger partial charge in [-0.1, -0.05) is 55.8 Å². The van der Waals surface area contributed by atoms with Crippen molar-refractivity contribution in [1.29, 1.82) is 0 Å². The molecule has 0 fully saturated rings. The van der Waals surface area contributed by atoms with E-state index in [4.69, 9.17) is 11.6 Å². The zero-order valence-corrected chi connectivity index (χ0v) is 13.0. The largest absolute Gasteiger partial charge is 0.222 e. The molecule has 1 aromatic carbocycles. The van der Waals surface area contributed by atoms with Gasteiger partial charge < -0.3 is 0 Å². The van der Waals surface area contributed by atoms with Crippen LogP contribution in [0, 0.1) is 5.92 Å². The molecule has 20 heavy (non-hydrogen) atoms. The van der Waals surface area contributed by atoms with E-state index in [1.165, 1.54) is 0 Å². The van der Waals surface area contributed by atoms with E-state index in [-0.39, 0.29) is 0 Å². The van der Waals surface area contributed by atoms with E-state index in [2.05, 4.69) is 41.3 Å². The highest BCUT2D eigenvalue weighted by Gasteiger charge is 2.14. The number of hydrogen-bond acceptors (Lipinski definition) is 3. The lowest BCUT2D eigenvalue weighted by atomic mass is 10.1. The number of fused-ring (bicyclic) bond motifs is 1. The molecular formula is C16H15ClN2S. The van der Waals surface area contributed by atoms with E-state index in [0.717, 1.165) is 33.6 Å². The summed E-state index contributed by atoms with van der Waals surface area (Å²) >= 11 is 8.03. The van der Waals surface area contributed by atoms with Crippen LogP contribution in [0.25, 0.3) is 21.3 Å². The SMILES string of the molecule is CC(C)Cc1nc(Cl)c2c(-c3ccccc3)csc2n1. The Morgan fingerprint density at radius 3 is 2.60 bits per heavy atom. The summed E-state index contributed by atoms with van der Waals surface area (Å²) in [5.41, 5.74) is 2.27. The molecule has 0 N–H and O–H groups in total. The van der Waals surface area contributed by atoms with Gasteiger partial charge in [-0.3, -0.25) is 0 Å². The van der Waals surface area contributed by atoms with Crippen molar-refractivity contribution in [3.8, 4) is 11.1 Å².